The number of benzene rings is 1. The van der Waals surface area contributed by atoms with E-state index in [0.717, 1.165) is 10.6 Å². The van der Waals surface area contributed by atoms with Gasteiger partial charge in [0.1, 0.15) is 0 Å². The van der Waals surface area contributed by atoms with Crippen LogP contribution in [0.5, 0.6) is 0 Å². The van der Waals surface area contributed by atoms with Gasteiger partial charge in [-0.25, -0.2) is 0 Å². The first-order chi connectivity index (χ1) is 11.3. The quantitative estimate of drug-likeness (QED) is 0.394. The summed E-state index contributed by atoms with van der Waals surface area (Å²) in [7, 11) is 1.72. The highest BCUT2D eigenvalue weighted by Crippen LogP contribution is 2.19. The minimum Gasteiger partial charge on any atom is -0.350 e. The smallest absolute Gasteiger partial charge is 0.232 e. The van der Waals surface area contributed by atoms with E-state index in [0.29, 0.717) is 24.2 Å². The Bertz CT molecular complexity index is 694. The fourth-order valence-electron chi connectivity index (χ4n) is 2.03. The average molecular weight is 478 g/mol. The summed E-state index contributed by atoms with van der Waals surface area (Å²) in [6.07, 6.45) is 0. The summed E-state index contributed by atoms with van der Waals surface area (Å²) >= 11 is 5.92. The molecule has 138 valence electrons. The highest BCUT2D eigenvalue weighted by atomic mass is 127. The molecule has 0 radical (unpaired) electrons. The molecule has 0 aliphatic carbocycles. The van der Waals surface area contributed by atoms with Crippen LogP contribution in [0.25, 0.3) is 0 Å². The van der Waals surface area contributed by atoms with E-state index in [9.17, 15) is 0 Å². The SMILES string of the molecule is CN=C(NCc1noc(C(C)(C)C)n1)NC(C)c1ccc(Cl)cc1.I. The van der Waals surface area contributed by atoms with Gasteiger partial charge in [0.2, 0.25) is 5.89 Å². The second-order valence-corrected chi connectivity index (χ2v) is 7.05. The molecule has 0 amide bonds. The molecule has 1 atom stereocenters. The van der Waals surface area contributed by atoms with Crippen LogP contribution in [0.4, 0.5) is 0 Å². The van der Waals surface area contributed by atoms with Gasteiger partial charge in [-0.1, -0.05) is 49.7 Å². The molecule has 0 aliphatic heterocycles. The van der Waals surface area contributed by atoms with Gasteiger partial charge in [-0.15, -0.1) is 24.0 Å². The lowest BCUT2D eigenvalue weighted by atomic mass is 9.97. The second kappa shape index (κ2) is 9.38. The Kier molecular flexibility index (Phi) is 8.14. The zero-order valence-corrected chi connectivity index (χ0v) is 18.2. The van der Waals surface area contributed by atoms with E-state index in [4.69, 9.17) is 16.1 Å². The van der Waals surface area contributed by atoms with Crippen LogP contribution in [0.2, 0.25) is 5.02 Å². The van der Waals surface area contributed by atoms with Crippen LogP contribution in [0, 0.1) is 0 Å². The molecule has 0 saturated heterocycles. The Morgan fingerprint density at radius 2 is 1.92 bits per heavy atom. The first-order valence-electron chi connectivity index (χ1n) is 7.85. The van der Waals surface area contributed by atoms with Gasteiger partial charge >= 0.3 is 0 Å². The third-order valence-electron chi connectivity index (χ3n) is 3.47. The molecule has 1 unspecified atom stereocenters. The molecule has 2 rings (SSSR count). The van der Waals surface area contributed by atoms with E-state index in [1.807, 2.05) is 45.0 Å². The summed E-state index contributed by atoms with van der Waals surface area (Å²) in [6.45, 7) is 8.60. The molecule has 2 N–H and O–H groups in total. The lowest BCUT2D eigenvalue weighted by Gasteiger charge is -2.17. The minimum atomic E-state index is -0.158. The van der Waals surface area contributed by atoms with Gasteiger partial charge in [-0.2, -0.15) is 4.98 Å². The minimum absolute atomic E-state index is 0. The van der Waals surface area contributed by atoms with Gasteiger partial charge in [-0.05, 0) is 24.6 Å². The number of guanidine groups is 1. The van der Waals surface area contributed by atoms with Crippen molar-refractivity contribution in [3.8, 4) is 0 Å². The third-order valence-corrected chi connectivity index (χ3v) is 3.72. The maximum atomic E-state index is 5.92. The largest absolute Gasteiger partial charge is 0.350 e. The second-order valence-electron chi connectivity index (χ2n) is 6.61. The highest BCUT2D eigenvalue weighted by molar-refractivity contribution is 14.0. The fourth-order valence-corrected chi connectivity index (χ4v) is 2.15. The molecule has 2 aromatic rings. The summed E-state index contributed by atoms with van der Waals surface area (Å²) in [6, 6.07) is 7.81. The van der Waals surface area contributed by atoms with Crippen LogP contribution in [0.15, 0.2) is 33.8 Å². The average Bonchev–Trinajstić information content (AvgIpc) is 3.01. The number of aromatic nitrogens is 2. The van der Waals surface area contributed by atoms with Gasteiger partial charge in [0.05, 0.1) is 12.6 Å². The van der Waals surface area contributed by atoms with Crippen LogP contribution in [-0.4, -0.2) is 23.1 Å². The van der Waals surface area contributed by atoms with Gasteiger partial charge < -0.3 is 15.2 Å². The number of hydrogen-bond donors (Lipinski definition) is 2. The van der Waals surface area contributed by atoms with Crippen molar-refractivity contribution in [2.75, 3.05) is 7.05 Å². The van der Waals surface area contributed by atoms with E-state index in [1.165, 1.54) is 0 Å². The summed E-state index contributed by atoms with van der Waals surface area (Å²) in [4.78, 5) is 8.62. The Hall–Kier alpha value is -1.35. The number of nitrogens with zero attached hydrogens (tertiary/aromatic N) is 3. The molecule has 0 aliphatic rings. The van der Waals surface area contributed by atoms with E-state index >= 15 is 0 Å². The first-order valence-corrected chi connectivity index (χ1v) is 8.23. The molecule has 0 bridgehead atoms. The first kappa shape index (κ1) is 21.7. The highest BCUT2D eigenvalue weighted by Gasteiger charge is 2.21. The van der Waals surface area contributed by atoms with Crippen molar-refractivity contribution in [1.29, 1.82) is 0 Å². The molecule has 0 saturated carbocycles. The number of aliphatic imine (C=N–C) groups is 1. The predicted molar refractivity (Wildman–Crippen MR) is 112 cm³/mol. The van der Waals surface area contributed by atoms with Gasteiger partial charge in [0.25, 0.3) is 0 Å². The monoisotopic (exact) mass is 477 g/mol. The normalized spacial score (nSPS) is 13.1. The third kappa shape index (κ3) is 6.47. The van der Waals surface area contributed by atoms with Crippen molar-refractivity contribution >= 4 is 41.5 Å². The standard InChI is InChI=1S/C17H24ClN5O.HI/c1-11(12-6-8-13(18)9-7-12)21-16(19-5)20-10-14-22-15(24-23-14)17(2,3)4;/h6-9,11H,10H2,1-5H3,(H2,19,20,21);1H. The van der Waals surface area contributed by atoms with Crippen LogP contribution >= 0.6 is 35.6 Å². The molecule has 6 nitrogen and oxygen atoms in total. The van der Waals surface area contributed by atoms with E-state index in [-0.39, 0.29) is 35.4 Å². The van der Waals surface area contributed by atoms with Crippen LogP contribution < -0.4 is 10.6 Å². The maximum absolute atomic E-state index is 5.92. The molecular formula is C17H25ClIN5O. The van der Waals surface area contributed by atoms with Gasteiger partial charge in [-0.3, -0.25) is 4.99 Å². The van der Waals surface area contributed by atoms with E-state index < -0.39 is 0 Å². The van der Waals surface area contributed by atoms with Crippen LogP contribution in [0.3, 0.4) is 0 Å². The Morgan fingerprint density at radius 3 is 2.44 bits per heavy atom. The molecule has 0 fully saturated rings. The summed E-state index contributed by atoms with van der Waals surface area (Å²) in [5, 5.41) is 11.2. The number of halogens is 2. The molecule has 1 aromatic heterocycles. The molecule has 1 heterocycles. The molecule has 25 heavy (non-hydrogen) atoms. The van der Waals surface area contributed by atoms with Crippen LogP contribution in [0.1, 0.15) is 51.0 Å². The molecule has 1 aromatic carbocycles. The lowest BCUT2D eigenvalue weighted by molar-refractivity contribution is 0.318. The zero-order chi connectivity index (χ0) is 17.7. The predicted octanol–water partition coefficient (Wildman–Crippen LogP) is 4.06. The van der Waals surface area contributed by atoms with Crippen molar-refractivity contribution in [3.63, 3.8) is 0 Å². The van der Waals surface area contributed by atoms with E-state index in [1.54, 1.807) is 7.05 Å². The van der Waals surface area contributed by atoms with Crippen molar-refractivity contribution < 1.29 is 4.52 Å². The van der Waals surface area contributed by atoms with Crippen LogP contribution in [-0.2, 0) is 12.0 Å². The Labute approximate surface area is 170 Å². The molecule has 0 spiro atoms. The summed E-state index contributed by atoms with van der Waals surface area (Å²) < 4.78 is 5.28. The van der Waals surface area contributed by atoms with Gasteiger partial charge in [0.15, 0.2) is 11.8 Å². The Morgan fingerprint density at radius 1 is 1.28 bits per heavy atom. The van der Waals surface area contributed by atoms with Crippen molar-refractivity contribution in [2.45, 2.75) is 45.7 Å². The Balaban J connectivity index is 0.00000312. The van der Waals surface area contributed by atoms with Crippen molar-refractivity contribution in [3.05, 3.63) is 46.6 Å². The number of nitrogens with one attached hydrogen (secondary N) is 2. The lowest BCUT2D eigenvalue weighted by Crippen LogP contribution is -2.38. The van der Waals surface area contributed by atoms with Crippen molar-refractivity contribution in [1.82, 2.24) is 20.8 Å². The van der Waals surface area contributed by atoms with Crippen molar-refractivity contribution in [2.24, 2.45) is 4.99 Å². The summed E-state index contributed by atoms with van der Waals surface area (Å²) in [5.74, 6) is 1.89. The zero-order valence-electron chi connectivity index (χ0n) is 15.1. The van der Waals surface area contributed by atoms with Gasteiger partial charge in [0, 0.05) is 17.5 Å². The molecular weight excluding hydrogens is 453 g/mol. The fraction of sp³-hybridized carbons (Fsp3) is 0.471. The maximum Gasteiger partial charge on any atom is 0.232 e. The summed E-state index contributed by atoms with van der Waals surface area (Å²) in [5.41, 5.74) is 0.964. The topological polar surface area (TPSA) is 75.3 Å². The number of rotatable bonds is 4. The van der Waals surface area contributed by atoms with E-state index in [2.05, 4.69) is 32.7 Å². The molecule has 8 heteroatoms. The number of hydrogen-bond acceptors (Lipinski definition) is 4.